The largest absolute Gasteiger partial charge is 0.507 e. The second kappa shape index (κ2) is 5.90. The van der Waals surface area contributed by atoms with Crippen molar-refractivity contribution in [1.82, 2.24) is 5.32 Å². The van der Waals surface area contributed by atoms with Gasteiger partial charge in [-0.2, -0.15) is 0 Å². The van der Waals surface area contributed by atoms with Gasteiger partial charge in [0.2, 0.25) is 0 Å². The number of phenols is 1. The number of nitrogens with one attached hydrogen (secondary N) is 1. The molecule has 1 rings (SSSR count). The monoisotopic (exact) mass is 221 g/mol. The van der Waals surface area contributed by atoms with E-state index in [1.54, 1.807) is 0 Å². The Kier molecular flexibility index (Phi) is 4.81. The van der Waals surface area contributed by atoms with E-state index in [-0.39, 0.29) is 0 Å². The Balaban J connectivity index is 2.49. The van der Waals surface area contributed by atoms with Gasteiger partial charge >= 0.3 is 0 Å². The molecule has 0 aromatic heterocycles. The molecule has 0 aliphatic carbocycles. The smallest absolute Gasteiger partial charge is 0.121 e. The van der Waals surface area contributed by atoms with Crippen LogP contribution in [0.4, 0.5) is 0 Å². The number of aromatic hydroxyl groups is 1. The Hall–Kier alpha value is -1.02. The highest BCUT2D eigenvalue weighted by atomic mass is 16.3. The number of hydrogen-bond acceptors (Lipinski definition) is 2. The Morgan fingerprint density at radius 3 is 2.25 bits per heavy atom. The summed E-state index contributed by atoms with van der Waals surface area (Å²) in [6.07, 6.45) is 1.20. The topological polar surface area (TPSA) is 32.3 Å². The van der Waals surface area contributed by atoms with E-state index in [2.05, 4.69) is 19.2 Å². The molecule has 1 aromatic rings. The molecule has 0 aliphatic heterocycles. The molecule has 0 bridgehead atoms. The lowest BCUT2D eigenvalue weighted by molar-refractivity contribution is 0.466. The molecule has 0 amide bonds. The Morgan fingerprint density at radius 1 is 1.19 bits per heavy atom. The lowest BCUT2D eigenvalue weighted by Crippen LogP contribution is -2.16. The van der Waals surface area contributed by atoms with Crippen LogP contribution in [0.5, 0.6) is 5.75 Å². The van der Waals surface area contributed by atoms with Gasteiger partial charge in [-0.25, -0.2) is 0 Å². The average Bonchev–Trinajstić information content (AvgIpc) is 2.20. The summed E-state index contributed by atoms with van der Waals surface area (Å²) in [4.78, 5) is 0. The van der Waals surface area contributed by atoms with Crippen molar-refractivity contribution in [3.8, 4) is 5.75 Å². The molecule has 2 N–H and O–H groups in total. The number of aryl methyl sites for hydroxylation is 2. The molecule has 2 heteroatoms. The number of benzene rings is 1. The van der Waals surface area contributed by atoms with Crippen LogP contribution in [-0.2, 0) is 6.54 Å². The maximum atomic E-state index is 9.65. The molecular formula is C14H23NO. The van der Waals surface area contributed by atoms with Crippen LogP contribution in [0.15, 0.2) is 12.1 Å². The van der Waals surface area contributed by atoms with Crippen molar-refractivity contribution in [3.05, 3.63) is 28.8 Å². The Bertz CT molecular complexity index is 322. The summed E-state index contributed by atoms with van der Waals surface area (Å²) in [6, 6.07) is 4.09. The van der Waals surface area contributed by atoms with Crippen molar-refractivity contribution < 1.29 is 5.11 Å². The molecule has 16 heavy (non-hydrogen) atoms. The van der Waals surface area contributed by atoms with Crippen LogP contribution in [0.25, 0.3) is 0 Å². The maximum absolute atomic E-state index is 9.65. The van der Waals surface area contributed by atoms with E-state index in [4.69, 9.17) is 0 Å². The van der Waals surface area contributed by atoms with Crippen LogP contribution >= 0.6 is 0 Å². The average molecular weight is 221 g/mol. The van der Waals surface area contributed by atoms with Crippen molar-refractivity contribution in [2.75, 3.05) is 6.54 Å². The van der Waals surface area contributed by atoms with Crippen LogP contribution in [0.3, 0.4) is 0 Å². The summed E-state index contributed by atoms with van der Waals surface area (Å²) in [5, 5.41) is 13.1. The molecule has 0 radical (unpaired) electrons. The molecule has 2 nitrogen and oxygen atoms in total. The molecule has 90 valence electrons. The lowest BCUT2D eigenvalue weighted by atomic mass is 10.1. The molecule has 0 spiro atoms. The summed E-state index contributed by atoms with van der Waals surface area (Å²) in [5.41, 5.74) is 3.16. The fraction of sp³-hybridized carbons (Fsp3) is 0.571. The van der Waals surface area contributed by atoms with E-state index in [0.29, 0.717) is 5.75 Å². The van der Waals surface area contributed by atoms with Gasteiger partial charge in [0.1, 0.15) is 5.75 Å². The quantitative estimate of drug-likeness (QED) is 0.749. The van der Waals surface area contributed by atoms with Crippen molar-refractivity contribution in [2.24, 2.45) is 5.92 Å². The van der Waals surface area contributed by atoms with E-state index >= 15 is 0 Å². The summed E-state index contributed by atoms with van der Waals surface area (Å²) in [5.74, 6) is 1.17. The molecule has 0 atom stereocenters. The highest BCUT2D eigenvalue weighted by Crippen LogP contribution is 2.22. The first-order chi connectivity index (χ1) is 7.50. The van der Waals surface area contributed by atoms with Gasteiger partial charge in [-0.1, -0.05) is 26.0 Å². The molecule has 0 unspecified atom stereocenters. The maximum Gasteiger partial charge on any atom is 0.121 e. The molecule has 1 aromatic carbocycles. The van der Waals surface area contributed by atoms with Gasteiger partial charge in [-0.05, 0) is 49.4 Å². The van der Waals surface area contributed by atoms with E-state index in [9.17, 15) is 5.11 Å². The van der Waals surface area contributed by atoms with Gasteiger partial charge in [-0.15, -0.1) is 0 Å². The molecule has 0 fully saturated rings. The van der Waals surface area contributed by atoms with Crippen LogP contribution in [0.1, 0.15) is 37.0 Å². The summed E-state index contributed by atoms with van der Waals surface area (Å²) in [7, 11) is 0. The second-order valence-electron chi connectivity index (χ2n) is 4.94. The highest BCUT2D eigenvalue weighted by Gasteiger charge is 2.03. The second-order valence-corrected chi connectivity index (χ2v) is 4.94. The van der Waals surface area contributed by atoms with Crippen LogP contribution < -0.4 is 5.32 Å². The minimum atomic E-state index is 0.422. The summed E-state index contributed by atoms with van der Waals surface area (Å²) < 4.78 is 0. The number of rotatable bonds is 5. The molecule has 0 aliphatic rings. The molecule has 0 saturated carbocycles. The zero-order valence-electron chi connectivity index (χ0n) is 10.8. The lowest BCUT2D eigenvalue weighted by Gasteiger charge is -2.10. The zero-order valence-corrected chi connectivity index (χ0v) is 10.8. The van der Waals surface area contributed by atoms with Crippen molar-refractivity contribution in [3.63, 3.8) is 0 Å². The van der Waals surface area contributed by atoms with E-state index in [1.165, 1.54) is 12.0 Å². The third-order valence-corrected chi connectivity index (χ3v) is 2.78. The van der Waals surface area contributed by atoms with Gasteiger partial charge in [-0.3, -0.25) is 0 Å². The third kappa shape index (κ3) is 3.86. The summed E-state index contributed by atoms with van der Waals surface area (Å²) in [6.45, 7) is 10.3. The van der Waals surface area contributed by atoms with Crippen molar-refractivity contribution >= 4 is 0 Å². The van der Waals surface area contributed by atoms with E-state index in [0.717, 1.165) is 30.1 Å². The number of phenolic OH excluding ortho intramolecular Hbond substituents is 1. The first-order valence-electron chi connectivity index (χ1n) is 6.00. The first-order valence-corrected chi connectivity index (χ1v) is 6.00. The molecule has 0 heterocycles. The third-order valence-electron chi connectivity index (χ3n) is 2.78. The van der Waals surface area contributed by atoms with Gasteiger partial charge in [0.25, 0.3) is 0 Å². The minimum absolute atomic E-state index is 0.422. The van der Waals surface area contributed by atoms with Crippen LogP contribution in [-0.4, -0.2) is 11.7 Å². The van der Waals surface area contributed by atoms with Crippen LogP contribution in [0, 0.1) is 19.8 Å². The van der Waals surface area contributed by atoms with E-state index < -0.39 is 0 Å². The Labute approximate surface area is 98.7 Å². The standard InChI is InChI=1S/C14H23NO/c1-10(2)5-6-15-9-13-7-11(3)14(16)12(4)8-13/h7-8,10,15-16H,5-6,9H2,1-4H3. The highest BCUT2D eigenvalue weighted by molar-refractivity contribution is 5.42. The van der Waals surface area contributed by atoms with Gasteiger partial charge in [0.15, 0.2) is 0 Å². The normalized spacial score (nSPS) is 11.1. The predicted octanol–water partition coefficient (Wildman–Crippen LogP) is 3.14. The fourth-order valence-corrected chi connectivity index (χ4v) is 1.77. The first kappa shape index (κ1) is 13.0. The van der Waals surface area contributed by atoms with Gasteiger partial charge < -0.3 is 10.4 Å². The molecule has 0 saturated heterocycles. The van der Waals surface area contributed by atoms with Crippen molar-refractivity contribution in [2.45, 2.75) is 40.7 Å². The minimum Gasteiger partial charge on any atom is -0.507 e. The number of hydrogen-bond donors (Lipinski definition) is 2. The van der Waals surface area contributed by atoms with E-state index in [1.807, 2.05) is 26.0 Å². The van der Waals surface area contributed by atoms with Gasteiger partial charge in [0.05, 0.1) is 0 Å². The fourth-order valence-electron chi connectivity index (χ4n) is 1.77. The SMILES string of the molecule is Cc1cc(CNCCC(C)C)cc(C)c1O. The summed E-state index contributed by atoms with van der Waals surface area (Å²) >= 11 is 0. The molecular weight excluding hydrogens is 198 g/mol. The van der Waals surface area contributed by atoms with Crippen LogP contribution in [0.2, 0.25) is 0 Å². The predicted molar refractivity (Wildman–Crippen MR) is 68.7 cm³/mol. The Morgan fingerprint density at radius 2 is 1.75 bits per heavy atom. The van der Waals surface area contributed by atoms with Crippen molar-refractivity contribution in [1.29, 1.82) is 0 Å². The van der Waals surface area contributed by atoms with Gasteiger partial charge in [0, 0.05) is 6.54 Å². The zero-order chi connectivity index (χ0) is 12.1.